The molecule has 0 aliphatic carbocycles. The summed E-state index contributed by atoms with van der Waals surface area (Å²) in [5.41, 5.74) is 3.58. The molecular weight excluding hydrogens is 476 g/mol. The Kier molecular flexibility index (Phi) is 6.34. The first-order valence-electron chi connectivity index (χ1n) is 10.7. The van der Waals surface area contributed by atoms with Gasteiger partial charge in [-0.25, -0.2) is 0 Å². The lowest BCUT2D eigenvalue weighted by atomic mass is 9.87. The first kappa shape index (κ1) is 22.7. The topological polar surface area (TPSA) is 58.2 Å². The van der Waals surface area contributed by atoms with Crippen LogP contribution in [0.5, 0.6) is 0 Å². The average Bonchev–Trinajstić information content (AvgIpc) is 2.79. The predicted octanol–water partition coefficient (Wildman–Crippen LogP) is 7.40. The standard InChI is InChI=1S/C28H25BrN2O2/c1-28(2,3)19-15-13-18(14-16-19)26(32)30-20-7-4-8-21(17-20)31-27(33)24-11-5-10-23-22(24)9-6-12-25(23)29/h4-17H,1-3H3,(H,30,32)(H,31,33). The van der Waals surface area contributed by atoms with Crippen molar-refractivity contribution in [2.24, 2.45) is 0 Å². The van der Waals surface area contributed by atoms with Crippen LogP contribution in [0, 0.1) is 0 Å². The van der Waals surface area contributed by atoms with Crippen molar-refractivity contribution in [1.82, 2.24) is 0 Å². The Labute approximate surface area is 202 Å². The van der Waals surface area contributed by atoms with E-state index in [0.717, 1.165) is 15.2 Å². The van der Waals surface area contributed by atoms with Crippen LogP contribution in [-0.4, -0.2) is 11.8 Å². The second kappa shape index (κ2) is 9.20. The van der Waals surface area contributed by atoms with Crippen LogP contribution in [0.15, 0.2) is 89.4 Å². The summed E-state index contributed by atoms with van der Waals surface area (Å²) in [6.07, 6.45) is 0. The highest BCUT2D eigenvalue weighted by molar-refractivity contribution is 9.10. The van der Waals surface area contributed by atoms with Gasteiger partial charge in [0.05, 0.1) is 0 Å². The molecule has 4 aromatic rings. The number of rotatable bonds is 4. The minimum atomic E-state index is -0.208. The zero-order valence-corrected chi connectivity index (χ0v) is 20.4. The lowest BCUT2D eigenvalue weighted by Gasteiger charge is -2.19. The molecule has 0 aliphatic heterocycles. The van der Waals surface area contributed by atoms with Crippen LogP contribution >= 0.6 is 15.9 Å². The van der Waals surface area contributed by atoms with E-state index < -0.39 is 0 Å². The van der Waals surface area contributed by atoms with Gasteiger partial charge < -0.3 is 10.6 Å². The lowest BCUT2D eigenvalue weighted by Crippen LogP contribution is -2.15. The number of amides is 2. The van der Waals surface area contributed by atoms with Gasteiger partial charge in [-0.2, -0.15) is 0 Å². The number of nitrogens with one attached hydrogen (secondary N) is 2. The van der Waals surface area contributed by atoms with E-state index in [1.807, 2.05) is 54.6 Å². The minimum absolute atomic E-state index is 0.0295. The van der Waals surface area contributed by atoms with Crippen molar-refractivity contribution in [2.45, 2.75) is 26.2 Å². The molecule has 0 aliphatic rings. The Morgan fingerprint density at radius 3 is 1.94 bits per heavy atom. The van der Waals surface area contributed by atoms with Crippen molar-refractivity contribution in [3.8, 4) is 0 Å². The molecule has 0 radical (unpaired) electrons. The van der Waals surface area contributed by atoms with E-state index in [0.29, 0.717) is 22.5 Å². The van der Waals surface area contributed by atoms with Gasteiger partial charge in [0.15, 0.2) is 0 Å². The molecule has 2 N–H and O–H groups in total. The van der Waals surface area contributed by atoms with E-state index in [4.69, 9.17) is 0 Å². The molecule has 5 heteroatoms. The van der Waals surface area contributed by atoms with Crippen molar-refractivity contribution < 1.29 is 9.59 Å². The van der Waals surface area contributed by atoms with Gasteiger partial charge in [-0.3, -0.25) is 9.59 Å². The molecular formula is C28H25BrN2O2. The molecule has 0 fully saturated rings. The maximum absolute atomic E-state index is 13.0. The summed E-state index contributed by atoms with van der Waals surface area (Å²) in [7, 11) is 0. The van der Waals surface area contributed by atoms with Crippen LogP contribution in [0.2, 0.25) is 0 Å². The average molecular weight is 501 g/mol. The molecule has 4 aromatic carbocycles. The molecule has 0 atom stereocenters. The van der Waals surface area contributed by atoms with Gasteiger partial charge >= 0.3 is 0 Å². The number of halogens is 1. The molecule has 0 aromatic heterocycles. The largest absolute Gasteiger partial charge is 0.322 e. The van der Waals surface area contributed by atoms with Crippen LogP contribution < -0.4 is 10.6 Å². The fourth-order valence-electron chi connectivity index (χ4n) is 3.67. The molecule has 4 nitrogen and oxygen atoms in total. The molecule has 166 valence electrons. The van der Waals surface area contributed by atoms with Crippen molar-refractivity contribution in [2.75, 3.05) is 10.6 Å². The Morgan fingerprint density at radius 1 is 0.697 bits per heavy atom. The number of benzene rings is 4. The second-order valence-electron chi connectivity index (χ2n) is 8.96. The maximum Gasteiger partial charge on any atom is 0.256 e. The molecule has 0 saturated heterocycles. The van der Waals surface area contributed by atoms with Gasteiger partial charge in [-0.1, -0.05) is 79.2 Å². The monoisotopic (exact) mass is 500 g/mol. The zero-order valence-electron chi connectivity index (χ0n) is 18.8. The van der Waals surface area contributed by atoms with E-state index in [1.165, 1.54) is 5.56 Å². The van der Waals surface area contributed by atoms with Crippen LogP contribution in [0.25, 0.3) is 10.8 Å². The Bertz CT molecular complexity index is 1340. The summed E-state index contributed by atoms with van der Waals surface area (Å²) >= 11 is 3.54. The molecule has 0 unspecified atom stereocenters. The smallest absolute Gasteiger partial charge is 0.256 e. The van der Waals surface area contributed by atoms with E-state index in [-0.39, 0.29) is 17.2 Å². The fourth-order valence-corrected chi connectivity index (χ4v) is 4.17. The first-order chi connectivity index (χ1) is 15.7. The first-order valence-corrected chi connectivity index (χ1v) is 11.5. The van der Waals surface area contributed by atoms with E-state index in [2.05, 4.69) is 47.3 Å². The number of carbonyl (C=O) groups excluding carboxylic acids is 2. The van der Waals surface area contributed by atoms with Crippen molar-refractivity contribution in [3.63, 3.8) is 0 Å². The number of hydrogen-bond acceptors (Lipinski definition) is 2. The quantitative estimate of drug-likeness (QED) is 0.306. The molecule has 0 saturated carbocycles. The number of hydrogen-bond donors (Lipinski definition) is 2. The number of anilines is 2. The third-order valence-electron chi connectivity index (χ3n) is 5.50. The van der Waals surface area contributed by atoms with Crippen molar-refractivity contribution in [3.05, 3.63) is 106 Å². The van der Waals surface area contributed by atoms with Crippen LogP contribution in [0.1, 0.15) is 47.1 Å². The molecule has 0 heterocycles. The van der Waals surface area contributed by atoms with Crippen molar-refractivity contribution >= 4 is 49.9 Å². The summed E-state index contributed by atoms with van der Waals surface area (Å²) in [6, 6.07) is 26.2. The normalized spacial score (nSPS) is 11.3. The second-order valence-corrected chi connectivity index (χ2v) is 9.81. The van der Waals surface area contributed by atoms with Gasteiger partial charge in [0.1, 0.15) is 0 Å². The van der Waals surface area contributed by atoms with Crippen LogP contribution in [0.4, 0.5) is 11.4 Å². The predicted molar refractivity (Wildman–Crippen MR) is 139 cm³/mol. The molecule has 33 heavy (non-hydrogen) atoms. The fraction of sp³-hybridized carbons (Fsp3) is 0.143. The summed E-state index contributed by atoms with van der Waals surface area (Å²) in [4.78, 5) is 25.7. The molecule has 0 spiro atoms. The Balaban J connectivity index is 1.50. The zero-order chi connectivity index (χ0) is 23.6. The van der Waals surface area contributed by atoms with Gasteiger partial charge in [0.2, 0.25) is 0 Å². The SMILES string of the molecule is CC(C)(C)c1ccc(C(=O)Nc2cccc(NC(=O)c3cccc4c(Br)cccc34)c2)cc1. The summed E-state index contributed by atoms with van der Waals surface area (Å²) in [5, 5.41) is 7.70. The van der Waals surface area contributed by atoms with Gasteiger partial charge in [0, 0.05) is 27.0 Å². The summed E-state index contributed by atoms with van der Waals surface area (Å²) in [6.45, 7) is 6.41. The molecule has 4 rings (SSSR count). The van der Waals surface area contributed by atoms with E-state index in [9.17, 15) is 9.59 Å². The maximum atomic E-state index is 13.0. The number of fused-ring (bicyclic) bond motifs is 1. The third-order valence-corrected chi connectivity index (χ3v) is 6.20. The summed E-state index contributed by atoms with van der Waals surface area (Å²) in [5.74, 6) is -0.405. The van der Waals surface area contributed by atoms with E-state index >= 15 is 0 Å². The summed E-state index contributed by atoms with van der Waals surface area (Å²) < 4.78 is 0.940. The van der Waals surface area contributed by atoms with Gasteiger partial charge in [0.25, 0.3) is 11.8 Å². The third kappa shape index (κ3) is 5.15. The molecule has 2 amide bonds. The highest BCUT2D eigenvalue weighted by Gasteiger charge is 2.15. The van der Waals surface area contributed by atoms with Crippen LogP contribution in [0.3, 0.4) is 0 Å². The lowest BCUT2D eigenvalue weighted by molar-refractivity contribution is 0.102. The van der Waals surface area contributed by atoms with Crippen LogP contribution in [-0.2, 0) is 5.41 Å². The van der Waals surface area contributed by atoms with Crippen molar-refractivity contribution in [1.29, 1.82) is 0 Å². The minimum Gasteiger partial charge on any atom is -0.322 e. The van der Waals surface area contributed by atoms with Gasteiger partial charge in [-0.15, -0.1) is 0 Å². The van der Waals surface area contributed by atoms with Gasteiger partial charge in [-0.05, 0) is 64.2 Å². The Morgan fingerprint density at radius 2 is 1.27 bits per heavy atom. The Hall–Kier alpha value is -3.44. The highest BCUT2D eigenvalue weighted by atomic mass is 79.9. The highest BCUT2D eigenvalue weighted by Crippen LogP contribution is 2.27. The molecule has 0 bridgehead atoms. The number of carbonyl (C=O) groups is 2. The van der Waals surface area contributed by atoms with E-state index in [1.54, 1.807) is 30.3 Å².